The zero-order valence-electron chi connectivity index (χ0n) is 21.4. The molecule has 0 radical (unpaired) electrons. The second-order valence-corrected chi connectivity index (χ2v) is 9.65. The van der Waals surface area contributed by atoms with Crippen molar-refractivity contribution in [3.05, 3.63) is 120 Å². The van der Waals surface area contributed by atoms with Crippen molar-refractivity contribution >= 4 is 22.1 Å². The summed E-state index contributed by atoms with van der Waals surface area (Å²) in [4.78, 5) is 17.1. The molecule has 0 aliphatic heterocycles. The van der Waals surface area contributed by atoms with E-state index in [1.165, 1.54) is 17.7 Å². The molecule has 0 aliphatic rings. The Morgan fingerprint density at radius 1 is 0.775 bits per heavy atom. The number of fused-ring (bicyclic) bond motifs is 2. The minimum Gasteiger partial charge on any atom is -0.335 e. The van der Waals surface area contributed by atoms with Crippen LogP contribution >= 0.6 is 0 Å². The van der Waals surface area contributed by atoms with E-state index in [-0.39, 0.29) is 5.82 Å². The number of halogens is 1. The number of imidazole rings is 1. The smallest absolute Gasteiger partial charge is 0.178 e. The average molecular weight is 526 g/mol. The molecule has 7 rings (SSSR count). The van der Waals surface area contributed by atoms with Gasteiger partial charge in [-0.3, -0.25) is 10.1 Å². The summed E-state index contributed by atoms with van der Waals surface area (Å²) < 4.78 is 13.5. The Balaban J connectivity index is 1.20. The SMILES string of the molecule is Fc1ccc(-c2ccnc3nc(-c4n[nH]c5ccc(-c6cncc(CNCc7ccccc7)c6)cc45)[nH]c23)cc1. The Morgan fingerprint density at radius 2 is 1.60 bits per heavy atom. The molecule has 0 atom stereocenters. The zero-order valence-corrected chi connectivity index (χ0v) is 21.4. The lowest BCUT2D eigenvalue weighted by Gasteiger charge is -2.07. The van der Waals surface area contributed by atoms with E-state index >= 15 is 0 Å². The van der Waals surface area contributed by atoms with Gasteiger partial charge in [0.2, 0.25) is 0 Å². The highest BCUT2D eigenvalue weighted by Crippen LogP contribution is 2.32. The van der Waals surface area contributed by atoms with E-state index < -0.39 is 0 Å². The molecule has 0 saturated carbocycles. The summed E-state index contributed by atoms with van der Waals surface area (Å²) in [6.07, 6.45) is 5.48. The van der Waals surface area contributed by atoms with Crippen LogP contribution in [0.2, 0.25) is 0 Å². The number of aromatic nitrogens is 6. The number of aromatic amines is 2. The number of nitrogens with one attached hydrogen (secondary N) is 3. The van der Waals surface area contributed by atoms with Crippen molar-refractivity contribution in [2.24, 2.45) is 0 Å². The third-order valence-corrected chi connectivity index (χ3v) is 6.96. The Kier molecular flexibility index (Phi) is 6.07. The van der Waals surface area contributed by atoms with Gasteiger partial charge in [-0.15, -0.1) is 0 Å². The van der Waals surface area contributed by atoms with E-state index in [0.717, 1.165) is 57.3 Å². The molecule has 0 aliphatic carbocycles. The molecule has 3 N–H and O–H groups in total. The van der Waals surface area contributed by atoms with Gasteiger partial charge < -0.3 is 10.3 Å². The van der Waals surface area contributed by atoms with E-state index in [1.54, 1.807) is 18.3 Å². The molecule has 4 aromatic heterocycles. The summed E-state index contributed by atoms with van der Waals surface area (Å²) in [7, 11) is 0. The van der Waals surface area contributed by atoms with Crippen LogP contribution in [0.25, 0.3) is 55.8 Å². The van der Waals surface area contributed by atoms with Crippen LogP contribution in [0.1, 0.15) is 11.1 Å². The van der Waals surface area contributed by atoms with Crippen molar-refractivity contribution in [1.29, 1.82) is 0 Å². The highest BCUT2D eigenvalue weighted by molar-refractivity contribution is 5.97. The third-order valence-electron chi connectivity index (χ3n) is 6.96. The zero-order chi connectivity index (χ0) is 26.9. The lowest BCUT2D eigenvalue weighted by molar-refractivity contribution is 0.628. The lowest BCUT2D eigenvalue weighted by atomic mass is 10.0. The monoisotopic (exact) mass is 525 g/mol. The fourth-order valence-electron chi connectivity index (χ4n) is 4.96. The van der Waals surface area contributed by atoms with Gasteiger partial charge in [-0.25, -0.2) is 14.4 Å². The molecule has 8 heteroatoms. The summed E-state index contributed by atoms with van der Waals surface area (Å²) in [5.74, 6) is 0.333. The van der Waals surface area contributed by atoms with Gasteiger partial charge in [0, 0.05) is 48.2 Å². The Bertz CT molecular complexity index is 1940. The van der Waals surface area contributed by atoms with E-state index in [4.69, 9.17) is 4.98 Å². The molecule has 194 valence electrons. The first kappa shape index (κ1) is 23.9. The van der Waals surface area contributed by atoms with Gasteiger partial charge >= 0.3 is 0 Å². The van der Waals surface area contributed by atoms with E-state index in [0.29, 0.717) is 17.2 Å². The average Bonchev–Trinajstić information content (AvgIpc) is 3.62. The lowest BCUT2D eigenvalue weighted by Crippen LogP contribution is -2.12. The number of hydrogen-bond donors (Lipinski definition) is 3. The molecule has 4 heterocycles. The first-order valence-electron chi connectivity index (χ1n) is 13.0. The third kappa shape index (κ3) is 4.61. The highest BCUT2D eigenvalue weighted by atomic mass is 19.1. The van der Waals surface area contributed by atoms with Gasteiger partial charge in [0.25, 0.3) is 0 Å². The van der Waals surface area contributed by atoms with E-state index in [1.807, 2.05) is 42.7 Å². The summed E-state index contributed by atoms with van der Waals surface area (Å²) in [6, 6.07) is 27.0. The first-order chi connectivity index (χ1) is 19.7. The normalized spacial score (nSPS) is 11.4. The summed E-state index contributed by atoms with van der Waals surface area (Å²) in [5.41, 5.74) is 9.14. The maximum atomic E-state index is 13.5. The number of pyridine rings is 2. The number of hydrogen-bond acceptors (Lipinski definition) is 5. The predicted molar refractivity (Wildman–Crippen MR) is 155 cm³/mol. The van der Waals surface area contributed by atoms with Gasteiger partial charge in [-0.05, 0) is 58.7 Å². The van der Waals surface area contributed by atoms with Crippen LogP contribution in [-0.2, 0) is 13.1 Å². The fourth-order valence-corrected chi connectivity index (χ4v) is 4.96. The molecular weight excluding hydrogens is 501 g/mol. The number of rotatable bonds is 7. The predicted octanol–water partition coefficient (Wildman–Crippen LogP) is 6.66. The van der Waals surface area contributed by atoms with Crippen LogP contribution in [0.15, 0.2) is 104 Å². The number of nitrogens with zero attached hydrogens (tertiary/aromatic N) is 4. The largest absolute Gasteiger partial charge is 0.335 e. The molecule has 0 spiro atoms. The maximum Gasteiger partial charge on any atom is 0.178 e. The van der Waals surface area contributed by atoms with Crippen LogP contribution in [0, 0.1) is 5.82 Å². The first-order valence-corrected chi connectivity index (χ1v) is 13.0. The maximum absolute atomic E-state index is 13.5. The molecule has 7 aromatic rings. The van der Waals surface area contributed by atoms with Crippen molar-refractivity contribution in [2.45, 2.75) is 13.1 Å². The topological polar surface area (TPSA) is 95.2 Å². The van der Waals surface area contributed by atoms with Crippen LogP contribution in [0.3, 0.4) is 0 Å². The van der Waals surface area contributed by atoms with E-state index in [9.17, 15) is 4.39 Å². The molecule has 0 fully saturated rings. The second kappa shape index (κ2) is 10.2. The molecule has 40 heavy (non-hydrogen) atoms. The van der Waals surface area contributed by atoms with Gasteiger partial charge in [0.1, 0.15) is 11.5 Å². The van der Waals surface area contributed by atoms with Crippen LogP contribution < -0.4 is 5.32 Å². The van der Waals surface area contributed by atoms with Gasteiger partial charge in [0.15, 0.2) is 11.5 Å². The molecule has 7 nitrogen and oxygen atoms in total. The molecular formula is C32H24FN7. The molecule has 0 saturated heterocycles. The van der Waals surface area contributed by atoms with Crippen molar-refractivity contribution in [1.82, 2.24) is 35.5 Å². The standard InChI is InChI=1S/C32H24FN7/c33-25-9-6-22(7-10-25)26-12-13-36-31-29(26)37-32(38-31)30-27-15-23(8-11-28(27)39-40-30)24-14-21(18-35-19-24)17-34-16-20-4-2-1-3-5-20/h1-15,18-19,34H,16-17H2,(H,39,40)(H,36,37,38). The quantitative estimate of drug-likeness (QED) is 0.216. The Labute approximate surface area is 229 Å². The van der Waals surface area contributed by atoms with Crippen molar-refractivity contribution < 1.29 is 4.39 Å². The summed E-state index contributed by atoms with van der Waals surface area (Å²) in [5, 5.41) is 12.1. The minimum atomic E-state index is -0.276. The fraction of sp³-hybridized carbons (Fsp3) is 0.0625. The summed E-state index contributed by atoms with van der Waals surface area (Å²) >= 11 is 0. The van der Waals surface area contributed by atoms with E-state index in [2.05, 4.69) is 60.8 Å². The van der Waals surface area contributed by atoms with Crippen molar-refractivity contribution in [2.75, 3.05) is 0 Å². The summed E-state index contributed by atoms with van der Waals surface area (Å²) in [6.45, 7) is 1.52. The number of benzene rings is 3. The molecule has 0 unspecified atom stereocenters. The van der Waals surface area contributed by atoms with Crippen molar-refractivity contribution in [3.8, 4) is 33.8 Å². The molecule has 3 aromatic carbocycles. The minimum absolute atomic E-state index is 0.276. The molecule has 0 bridgehead atoms. The van der Waals surface area contributed by atoms with Gasteiger partial charge in [-0.1, -0.05) is 48.5 Å². The van der Waals surface area contributed by atoms with Gasteiger partial charge in [0.05, 0.1) is 11.0 Å². The van der Waals surface area contributed by atoms with Crippen LogP contribution in [-0.4, -0.2) is 30.1 Å². The highest BCUT2D eigenvalue weighted by Gasteiger charge is 2.16. The second-order valence-electron chi connectivity index (χ2n) is 9.65. The van der Waals surface area contributed by atoms with Crippen LogP contribution in [0.4, 0.5) is 4.39 Å². The Hall–Kier alpha value is -5.21. The Morgan fingerprint density at radius 3 is 2.48 bits per heavy atom. The van der Waals surface area contributed by atoms with Gasteiger partial charge in [-0.2, -0.15) is 5.10 Å². The van der Waals surface area contributed by atoms with Crippen LogP contribution in [0.5, 0.6) is 0 Å². The number of H-pyrrole nitrogens is 2. The van der Waals surface area contributed by atoms with Crippen molar-refractivity contribution in [3.63, 3.8) is 0 Å². The molecule has 0 amide bonds.